The number of aliphatic hydroxyl groups is 1. The minimum absolute atomic E-state index is 0.159. The number of sulfonamides is 1. The van der Waals surface area contributed by atoms with E-state index in [-0.39, 0.29) is 6.54 Å². The first kappa shape index (κ1) is 12.4. The number of hydrogen-bond acceptors (Lipinski definition) is 4. The predicted molar refractivity (Wildman–Crippen MR) is 55.6 cm³/mol. The number of carbonyl (C=O) groups is 1. The Morgan fingerprint density at radius 1 is 1.47 bits per heavy atom. The van der Waals surface area contributed by atoms with Crippen LogP contribution < -0.4 is 0 Å². The maximum absolute atomic E-state index is 11.7. The van der Waals surface area contributed by atoms with Crippen LogP contribution in [0.4, 0.5) is 0 Å². The summed E-state index contributed by atoms with van der Waals surface area (Å²) in [5.41, 5.74) is -1.15. The molecule has 1 unspecified atom stereocenters. The highest BCUT2D eigenvalue weighted by Gasteiger charge is 2.60. The molecule has 1 atom stereocenters. The molecule has 1 heterocycles. The van der Waals surface area contributed by atoms with Crippen molar-refractivity contribution in [1.29, 1.82) is 0 Å². The molecule has 1 saturated heterocycles. The van der Waals surface area contributed by atoms with Crippen molar-refractivity contribution >= 4 is 15.9 Å². The highest BCUT2D eigenvalue weighted by atomic mass is 32.2. The van der Waals surface area contributed by atoms with Gasteiger partial charge in [0.2, 0.25) is 0 Å². The van der Waals surface area contributed by atoms with Crippen LogP contribution in [-0.2, 0) is 14.8 Å². The highest BCUT2D eigenvalue weighted by Crippen LogP contribution is 2.36. The van der Waals surface area contributed by atoms with E-state index in [1.165, 1.54) is 20.8 Å². The summed E-state index contributed by atoms with van der Waals surface area (Å²) in [6.07, 6.45) is 0.396. The number of hydrogen-bond donors (Lipinski definition) is 1. The van der Waals surface area contributed by atoms with Gasteiger partial charge in [0.05, 0.1) is 12.1 Å². The Bertz CT molecular complexity index is 383. The number of amides is 1. The van der Waals surface area contributed by atoms with Gasteiger partial charge in [-0.3, -0.25) is 4.79 Å². The fraction of sp³-hybridized carbons (Fsp3) is 0.889. The van der Waals surface area contributed by atoms with Crippen molar-refractivity contribution in [3.63, 3.8) is 0 Å². The van der Waals surface area contributed by atoms with E-state index in [0.29, 0.717) is 6.42 Å². The normalized spacial score (nSPS) is 27.0. The Morgan fingerprint density at radius 3 is 2.27 bits per heavy atom. The van der Waals surface area contributed by atoms with Gasteiger partial charge in [-0.05, 0) is 27.2 Å². The molecular weight excluding hydrogens is 218 g/mol. The monoisotopic (exact) mass is 235 g/mol. The second-order valence-corrected chi connectivity index (χ2v) is 7.09. The predicted octanol–water partition coefficient (Wildman–Crippen LogP) is 0.0980. The fourth-order valence-corrected chi connectivity index (χ4v) is 2.98. The molecule has 0 radical (unpaired) electrons. The molecule has 88 valence electrons. The molecule has 1 rings (SSSR count). The van der Waals surface area contributed by atoms with Crippen molar-refractivity contribution in [2.75, 3.05) is 6.54 Å². The third kappa shape index (κ3) is 1.65. The lowest BCUT2D eigenvalue weighted by molar-refractivity contribution is -0.134. The van der Waals surface area contributed by atoms with E-state index >= 15 is 0 Å². The van der Waals surface area contributed by atoms with Crippen molar-refractivity contribution in [2.45, 2.75) is 44.5 Å². The molecule has 1 amide bonds. The molecule has 1 N–H and O–H groups in total. The number of rotatable bonds is 3. The van der Waals surface area contributed by atoms with Crippen LogP contribution in [0, 0.1) is 0 Å². The molecule has 0 bridgehead atoms. The average Bonchev–Trinajstić information content (AvgIpc) is 2.12. The maximum atomic E-state index is 11.7. The van der Waals surface area contributed by atoms with Crippen LogP contribution in [0.3, 0.4) is 0 Å². The van der Waals surface area contributed by atoms with E-state index in [1.807, 2.05) is 0 Å². The first-order chi connectivity index (χ1) is 6.56. The van der Waals surface area contributed by atoms with Crippen molar-refractivity contribution in [3.8, 4) is 0 Å². The van der Waals surface area contributed by atoms with E-state index < -0.39 is 26.3 Å². The largest absolute Gasteiger partial charge is 0.388 e. The number of nitrogens with zero attached hydrogens (tertiary/aromatic N) is 1. The quantitative estimate of drug-likeness (QED) is 0.752. The summed E-state index contributed by atoms with van der Waals surface area (Å²) in [4.78, 5) is 11.5. The molecule has 0 aromatic heterocycles. The summed E-state index contributed by atoms with van der Waals surface area (Å²) >= 11 is 0. The summed E-state index contributed by atoms with van der Waals surface area (Å²) in [6.45, 7) is 5.85. The van der Waals surface area contributed by atoms with Crippen LogP contribution in [0.1, 0.15) is 34.1 Å². The highest BCUT2D eigenvalue weighted by molar-refractivity contribution is 7.94. The zero-order valence-corrected chi connectivity index (χ0v) is 10.3. The molecule has 1 fully saturated rings. The molecule has 0 aliphatic carbocycles. The standard InChI is InChI=1S/C9H17NO4S/c1-5-9(4,12)6-10-7(11)8(2,3)15(10,13)14/h12H,5-6H2,1-4H3. The minimum atomic E-state index is -3.57. The van der Waals surface area contributed by atoms with Crippen molar-refractivity contribution < 1.29 is 18.3 Å². The zero-order chi connectivity index (χ0) is 12.1. The Kier molecular flexibility index (Phi) is 2.64. The lowest BCUT2D eigenvalue weighted by Crippen LogP contribution is -2.69. The smallest absolute Gasteiger partial charge is 0.258 e. The van der Waals surface area contributed by atoms with Crippen LogP contribution in [0.15, 0.2) is 0 Å². The average molecular weight is 235 g/mol. The van der Waals surface area contributed by atoms with E-state index in [2.05, 4.69) is 0 Å². The zero-order valence-electron chi connectivity index (χ0n) is 9.44. The molecule has 0 saturated carbocycles. The molecule has 1 aliphatic heterocycles. The molecule has 0 aromatic rings. The van der Waals surface area contributed by atoms with Gasteiger partial charge in [-0.25, -0.2) is 12.7 Å². The second kappa shape index (κ2) is 3.18. The molecule has 0 aromatic carbocycles. The third-order valence-corrected chi connectivity index (χ3v) is 5.26. The summed E-state index contributed by atoms with van der Waals surface area (Å²) in [5.74, 6) is -0.448. The van der Waals surface area contributed by atoms with Crippen molar-refractivity contribution in [2.24, 2.45) is 0 Å². The number of carbonyl (C=O) groups excluding carboxylic acids is 1. The van der Waals surface area contributed by atoms with Gasteiger partial charge in [-0.15, -0.1) is 0 Å². The van der Waals surface area contributed by atoms with Crippen molar-refractivity contribution in [3.05, 3.63) is 0 Å². The summed E-state index contributed by atoms with van der Waals surface area (Å²) in [5, 5.41) is 9.72. The second-order valence-electron chi connectivity index (χ2n) is 4.68. The Morgan fingerprint density at radius 2 is 1.93 bits per heavy atom. The van der Waals surface area contributed by atoms with Gasteiger partial charge in [0.15, 0.2) is 4.75 Å². The van der Waals surface area contributed by atoms with E-state index in [9.17, 15) is 18.3 Å². The van der Waals surface area contributed by atoms with Gasteiger partial charge < -0.3 is 5.11 Å². The van der Waals surface area contributed by atoms with E-state index in [0.717, 1.165) is 4.31 Å². The molecule has 6 heteroatoms. The topological polar surface area (TPSA) is 74.7 Å². The van der Waals surface area contributed by atoms with Gasteiger partial charge >= 0.3 is 0 Å². The molecule has 5 nitrogen and oxygen atoms in total. The van der Waals surface area contributed by atoms with Gasteiger partial charge in [0.1, 0.15) is 0 Å². The van der Waals surface area contributed by atoms with Crippen LogP contribution >= 0.6 is 0 Å². The van der Waals surface area contributed by atoms with E-state index in [1.54, 1.807) is 6.92 Å². The Balaban J connectivity index is 2.90. The van der Waals surface area contributed by atoms with Crippen LogP contribution in [0.5, 0.6) is 0 Å². The Labute approximate surface area is 90.1 Å². The van der Waals surface area contributed by atoms with Gasteiger partial charge in [0.25, 0.3) is 15.9 Å². The fourth-order valence-electron chi connectivity index (χ4n) is 1.33. The van der Waals surface area contributed by atoms with Gasteiger partial charge in [-0.2, -0.15) is 0 Å². The van der Waals surface area contributed by atoms with Crippen LogP contribution in [-0.4, -0.2) is 40.6 Å². The van der Waals surface area contributed by atoms with Gasteiger partial charge in [-0.1, -0.05) is 6.92 Å². The van der Waals surface area contributed by atoms with Crippen molar-refractivity contribution in [1.82, 2.24) is 4.31 Å². The minimum Gasteiger partial charge on any atom is -0.388 e. The van der Waals surface area contributed by atoms with Crippen LogP contribution in [0.25, 0.3) is 0 Å². The summed E-state index contributed by atoms with van der Waals surface area (Å²) in [6, 6.07) is 0. The van der Waals surface area contributed by atoms with Crippen LogP contribution in [0.2, 0.25) is 0 Å². The number of β-amino-alcohol motifs (C(OH)–C–C–N with tert-alkyl or cyclic N) is 1. The molecule has 0 spiro atoms. The summed E-state index contributed by atoms with van der Waals surface area (Å²) < 4.78 is 22.8. The maximum Gasteiger partial charge on any atom is 0.258 e. The van der Waals surface area contributed by atoms with Gasteiger partial charge in [0, 0.05) is 0 Å². The summed E-state index contributed by atoms with van der Waals surface area (Å²) in [7, 11) is -3.57. The van der Waals surface area contributed by atoms with E-state index in [4.69, 9.17) is 0 Å². The first-order valence-electron chi connectivity index (χ1n) is 4.85. The molecule has 15 heavy (non-hydrogen) atoms. The molecular formula is C9H17NO4S. The third-order valence-electron chi connectivity index (χ3n) is 2.92. The lowest BCUT2D eigenvalue weighted by Gasteiger charge is -2.45. The lowest BCUT2D eigenvalue weighted by atomic mass is 10.0. The molecule has 1 aliphatic rings. The Hall–Kier alpha value is -0.620. The first-order valence-corrected chi connectivity index (χ1v) is 6.29. The SMILES string of the molecule is CCC(C)(O)CN1C(=O)C(C)(C)S1(=O)=O.